The molecule has 2 heterocycles. The fraction of sp³-hybridized carbons (Fsp3) is 0.192. The normalized spacial score (nSPS) is 11.8. The second kappa shape index (κ2) is 5.93. The minimum Gasteiger partial charge on any atom is -0.292 e. The van der Waals surface area contributed by atoms with Crippen molar-refractivity contribution in [3.63, 3.8) is 0 Å². The Morgan fingerprint density at radius 3 is 2.14 bits per heavy atom. The van der Waals surface area contributed by atoms with E-state index < -0.39 is 0 Å². The summed E-state index contributed by atoms with van der Waals surface area (Å²) in [5.74, 6) is 0. The molecule has 0 bridgehead atoms. The third-order valence-electron chi connectivity index (χ3n) is 5.94. The van der Waals surface area contributed by atoms with Gasteiger partial charge in [-0.25, -0.2) is 4.98 Å². The number of fused-ring (bicyclic) bond motifs is 5. The van der Waals surface area contributed by atoms with Crippen molar-refractivity contribution in [1.82, 2.24) is 9.38 Å². The summed E-state index contributed by atoms with van der Waals surface area (Å²) in [4.78, 5) is 5.07. The molecule has 5 aromatic rings. The number of hydrogen-bond donors (Lipinski definition) is 0. The van der Waals surface area contributed by atoms with Crippen molar-refractivity contribution in [1.29, 1.82) is 0 Å². The van der Waals surface area contributed by atoms with Crippen LogP contribution in [-0.2, 0) is 0 Å². The lowest BCUT2D eigenvalue weighted by molar-refractivity contribution is 1.21. The molecule has 0 atom stereocenters. The molecule has 0 saturated carbocycles. The molecule has 0 N–H and O–H groups in total. The number of imidazole rings is 1. The first-order valence-electron chi connectivity index (χ1n) is 9.83. The molecule has 2 heteroatoms. The Balaban J connectivity index is 2.05. The van der Waals surface area contributed by atoms with E-state index >= 15 is 0 Å². The van der Waals surface area contributed by atoms with Crippen LogP contribution in [-0.4, -0.2) is 9.38 Å². The standard InChI is InChI=1S/C26H24N2/c1-15-10-18(4)25(19(5)11-15)24-14-20-8-6-7-9-21(20)26-27-22-12-16(2)17(3)13-23(22)28(24)26/h6-14H,1-5H3. The Hall–Kier alpha value is -3.13. The van der Waals surface area contributed by atoms with E-state index in [1.807, 2.05) is 0 Å². The van der Waals surface area contributed by atoms with E-state index in [1.165, 1.54) is 55.4 Å². The van der Waals surface area contributed by atoms with Crippen molar-refractivity contribution in [2.75, 3.05) is 0 Å². The molecular formula is C26H24N2. The van der Waals surface area contributed by atoms with E-state index in [0.29, 0.717) is 0 Å². The molecule has 0 spiro atoms. The van der Waals surface area contributed by atoms with E-state index in [-0.39, 0.29) is 0 Å². The van der Waals surface area contributed by atoms with Crippen molar-refractivity contribution >= 4 is 27.5 Å². The molecule has 0 unspecified atom stereocenters. The predicted molar refractivity (Wildman–Crippen MR) is 119 cm³/mol. The summed E-state index contributed by atoms with van der Waals surface area (Å²) in [6.07, 6.45) is 0. The van der Waals surface area contributed by atoms with Crippen LogP contribution in [0.2, 0.25) is 0 Å². The molecule has 2 nitrogen and oxygen atoms in total. The van der Waals surface area contributed by atoms with Gasteiger partial charge >= 0.3 is 0 Å². The van der Waals surface area contributed by atoms with Gasteiger partial charge in [-0.2, -0.15) is 0 Å². The lowest BCUT2D eigenvalue weighted by Gasteiger charge is -2.16. The Morgan fingerprint density at radius 2 is 1.39 bits per heavy atom. The van der Waals surface area contributed by atoms with E-state index in [2.05, 4.69) is 93.6 Å². The topological polar surface area (TPSA) is 17.3 Å². The molecule has 0 aliphatic carbocycles. The highest BCUT2D eigenvalue weighted by atomic mass is 15.0. The van der Waals surface area contributed by atoms with E-state index in [4.69, 9.17) is 4.98 Å². The van der Waals surface area contributed by atoms with Gasteiger partial charge in [0.25, 0.3) is 0 Å². The molecular weight excluding hydrogens is 340 g/mol. The number of rotatable bonds is 1. The maximum atomic E-state index is 5.07. The summed E-state index contributed by atoms with van der Waals surface area (Å²) < 4.78 is 2.36. The number of hydrogen-bond acceptors (Lipinski definition) is 1. The van der Waals surface area contributed by atoms with Crippen molar-refractivity contribution in [3.8, 4) is 11.3 Å². The Bertz CT molecular complexity index is 1380. The van der Waals surface area contributed by atoms with Gasteiger partial charge in [-0.05, 0) is 80.5 Å². The van der Waals surface area contributed by atoms with Crippen LogP contribution in [0.4, 0.5) is 0 Å². The third kappa shape index (κ3) is 2.37. The number of pyridine rings is 1. The van der Waals surface area contributed by atoms with Crippen LogP contribution in [0.3, 0.4) is 0 Å². The Labute approximate surface area is 165 Å². The number of aromatic nitrogens is 2. The second-order valence-corrected chi connectivity index (χ2v) is 8.09. The van der Waals surface area contributed by atoms with Gasteiger partial charge in [0, 0.05) is 10.9 Å². The molecule has 3 aromatic carbocycles. The largest absolute Gasteiger partial charge is 0.292 e. The highest BCUT2D eigenvalue weighted by Crippen LogP contribution is 2.35. The monoisotopic (exact) mass is 364 g/mol. The average Bonchev–Trinajstić information content (AvgIpc) is 3.00. The van der Waals surface area contributed by atoms with Gasteiger partial charge in [-0.1, -0.05) is 42.0 Å². The summed E-state index contributed by atoms with van der Waals surface area (Å²) in [5.41, 5.74) is 12.3. The quantitative estimate of drug-likeness (QED) is 0.318. The number of aryl methyl sites for hydroxylation is 5. The van der Waals surface area contributed by atoms with Gasteiger partial charge in [0.1, 0.15) is 5.65 Å². The Kier molecular flexibility index (Phi) is 3.60. The smallest absolute Gasteiger partial charge is 0.146 e. The minimum absolute atomic E-state index is 1.03. The zero-order valence-electron chi connectivity index (χ0n) is 17.1. The van der Waals surface area contributed by atoms with Crippen LogP contribution >= 0.6 is 0 Å². The van der Waals surface area contributed by atoms with E-state index in [1.54, 1.807) is 0 Å². The summed E-state index contributed by atoms with van der Waals surface area (Å²) in [5, 5.41) is 2.42. The zero-order chi connectivity index (χ0) is 19.6. The summed E-state index contributed by atoms with van der Waals surface area (Å²) >= 11 is 0. The van der Waals surface area contributed by atoms with Gasteiger partial charge in [0.15, 0.2) is 0 Å². The third-order valence-corrected chi connectivity index (χ3v) is 5.94. The van der Waals surface area contributed by atoms with Gasteiger partial charge in [-0.15, -0.1) is 0 Å². The molecule has 28 heavy (non-hydrogen) atoms. The molecule has 0 aliphatic rings. The van der Waals surface area contributed by atoms with Crippen LogP contribution in [0, 0.1) is 34.6 Å². The van der Waals surface area contributed by atoms with Crippen molar-refractivity contribution < 1.29 is 0 Å². The van der Waals surface area contributed by atoms with Crippen LogP contribution in [0.15, 0.2) is 54.6 Å². The number of benzene rings is 3. The van der Waals surface area contributed by atoms with Crippen molar-refractivity contribution in [3.05, 3.63) is 82.4 Å². The summed E-state index contributed by atoms with van der Waals surface area (Å²) in [6.45, 7) is 10.9. The molecule has 2 aromatic heterocycles. The first-order chi connectivity index (χ1) is 13.4. The first kappa shape index (κ1) is 17.0. The molecule has 0 radical (unpaired) electrons. The summed E-state index contributed by atoms with van der Waals surface area (Å²) in [7, 11) is 0. The lowest BCUT2D eigenvalue weighted by atomic mass is 9.95. The highest BCUT2D eigenvalue weighted by Gasteiger charge is 2.17. The molecule has 0 amide bonds. The SMILES string of the molecule is Cc1cc(C)c(-c2cc3ccccc3c3nc4cc(C)c(C)cc4n23)c(C)c1. The maximum absolute atomic E-state index is 5.07. The van der Waals surface area contributed by atoms with Crippen LogP contribution < -0.4 is 0 Å². The van der Waals surface area contributed by atoms with Crippen molar-refractivity contribution in [2.45, 2.75) is 34.6 Å². The van der Waals surface area contributed by atoms with Crippen molar-refractivity contribution in [2.24, 2.45) is 0 Å². The molecule has 0 saturated heterocycles. The van der Waals surface area contributed by atoms with Gasteiger partial charge in [-0.3, -0.25) is 4.40 Å². The lowest BCUT2D eigenvalue weighted by Crippen LogP contribution is -1.98. The molecule has 5 rings (SSSR count). The summed E-state index contributed by atoms with van der Waals surface area (Å²) in [6, 6.07) is 19.9. The highest BCUT2D eigenvalue weighted by molar-refractivity contribution is 6.01. The molecule has 0 fully saturated rings. The Morgan fingerprint density at radius 1 is 0.714 bits per heavy atom. The van der Waals surface area contributed by atoms with Gasteiger partial charge in [0.2, 0.25) is 0 Å². The molecule has 138 valence electrons. The average molecular weight is 364 g/mol. The van der Waals surface area contributed by atoms with Gasteiger partial charge < -0.3 is 0 Å². The molecule has 0 aliphatic heterocycles. The van der Waals surface area contributed by atoms with Crippen LogP contribution in [0.1, 0.15) is 27.8 Å². The maximum Gasteiger partial charge on any atom is 0.146 e. The minimum atomic E-state index is 1.03. The zero-order valence-corrected chi connectivity index (χ0v) is 17.1. The first-order valence-corrected chi connectivity index (χ1v) is 9.83. The van der Waals surface area contributed by atoms with Gasteiger partial charge in [0.05, 0.1) is 16.7 Å². The fourth-order valence-corrected chi connectivity index (χ4v) is 4.56. The fourth-order valence-electron chi connectivity index (χ4n) is 4.56. The predicted octanol–water partition coefficient (Wildman–Crippen LogP) is 6.85. The second-order valence-electron chi connectivity index (χ2n) is 8.09. The van der Waals surface area contributed by atoms with Crippen LogP contribution in [0.5, 0.6) is 0 Å². The van der Waals surface area contributed by atoms with Crippen LogP contribution in [0.25, 0.3) is 38.7 Å². The van der Waals surface area contributed by atoms with E-state index in [0.717, 1.165) is 11.2 Å². The number of nitrogens with zero attached hydrogens (tertiary/aromatic N) is 2. The van der Waals surface area contributed by atoms with E-state index in [9.17, 15) is 0 Å².